The summed E-state index contributed by atoms with van der Waals surface area (Å²) < 4.78 is 0. The number of rotatable bonds is 4. The van der Waals surface area contributed by atoms with Crippen molar-refractivity contribution in [1.29, 1.82) is 0 Å². The Morgan fingerprint density at radius 1 is 1.00 bits per heavy atom. The molecule has 1 aromatic carbocycles. The van der Waals surface area contributed by atoms with Gasteiger partial charge in [-0.3, -0.25) is 4.79 Å². The first-order valence-electron chi connectivity index (χ1n) is 8.36. The van der Waals surface area contributed by atoms with E-state index in [4.69, 9.17) is 0 Å². The quantitative estimate of drug-likeness (QED) is 0.938. The molecule has 0 spiro atoms. The topological polar surface area (TPSA) is 45.2 Å². The number of amides is 1. The van der Waals surface area contributed by atoms with Gasteiger partial charge in [-0.2, -0.15) is 0 Å². The molecule has 0 unspecified atom stereocenters. The van der Waals surface area contributed by atoms with Crippen molar-refractivity contribution in [3.05, 3.63) is 54.2 Å². The van der Waals surface area contributed by atoms with Crippen LogP contribution in [0.2, 0.25) is 0 Å². The van der Waals surface area contributed by atoms with Crippen molar-refractivity contribution in [3.8, 4) is 0 Å². The van der Waals surface area contributed by atoms with E-state index in [1.165, 1.54) is 25.7 Å². The number of hydrogen-bond donors (Lipinski definition) is 1. The predicted octanol–water partition coefficient (Wildman–Crippen LogP) is 3.64. The molecule has 1 saturated heterocycles. The lowest BCUT2D eigenvalue weighted by Crippen LogP contribution is -2.24. The van der Waals surface area contributed by atoms with Crippen molar-refractivity contribution >= 4 is 17.4 Å². The number of nitrogens with zero attached hydrogens (tertiary/aromatic N) is 2. The van der Waals surface area contributed by atoms with Gasteiger partial charge in [-0.05, 0) is 30.5 Å². The van der Waals surface area contributed by atoms with E-state index in [-0.39, 0.29) is 5.91 Å². The SMILES string of the molecule is O=C(Cc1ccccc1)Nc1ccc(N2CCCCCC2)nc1. The minimum Gasteiger partial charge on any atom is -0.357 e. The fraction of sp³-hybridized carbons (Fsp3) is 0.368. The third-order valence-corrected chi connectivity index (χ3v) is 4.17. The van der Waals surface area contributed by atoms with Crippen molar-refractivity contribution in [1.82, 2.24) is 4.98 Å². The van der Waals surface area contributed by atoms with Gasteiger partial charge < -0.3 is 10.2 Å². The summed E-state index contributed by atoms with van der Waals surface area (Å²) in [5.41, 5.74) is 1.77. The van der Waals surface area contributed by atoms with Crippen molar-refractivity contribution < 1.29 is 4.79 Å². The maximum absolute atomic E-state index is 12.1. The molecule has 1 fully saturated rings. The van der Waals surface area contributed by atoms with Crippen LogP contribution < -0.4 is 10.2 Å². The van der Waals surface area contributed by atoms with Gasteiger partial charge in [0.05, 0.1) is 18.3 Å². The van der Waals surface area contributed by atoms with E-state index in [1.54, 1.807) is 6.20 Å². The molecular weight excluding hydrogens is 286 g/mol. The average molecular weight is 309 g/mol. The third kappa shape index (κ3) is 4.55. The van der Waals surface area contributed by atoms with Gasteiger partial charge in [0, 0.05) is 13.1 Å². The van der Waals surface area contributed by atoms with E-state index in [0.29, 0.717) is 6.42 Å². The van der Waals surface area contributed by atoms with Crippen LogP contribution in [0.3, 0.4) is 0 Å². The highest BCUT2D eigenvalue weighted by Crippen LogP contribution is 2.19. The first-order valence-corrected chi connectivity index (χ1v) is 8.36. The molecule has 0 bridgehead atoms. The summed E-state index contributed by atoms with van der Waals surface area (Å²) in [5, 5.41) is 2.91. The largest absolute Gasteiger partial charge is 0.357 e. The molecule has 1 amide bonds. The number of benzene rings is 1. The normalized spacial score (nSPS) is 15.0. The fourth-order valence-corrected chi connectivity index (χ4v) is 2.93. The Morgan fingerprint density at radius 2 is 1.74 bits per heavy atom. The predicted molar refractivity (Wildman–Crippen MR) is 93.7 cm³/mol. The highest BCUT2D eigenvalue weighted by Gasteiger charge is 2.11. The number of pyridine rings is 1. The fourth-order valence-electron chi connectivity index (χ4n) is 2.93. The van der Waals surface area contributed by atoms with Gasteiger partial charge in [0.15, 0.2) is 0 Å². The van der Waals surface area contributed by atoms with Gasteiger partial charge in [0.1, 0.15) is 5.82 Å². The van der Waals surface area contributed by atoms with Crippen LogP contribution in [0.15, 0.2) is 48.7 Å². The molecule has 2 heterocycles. The summed E-state index contributed by atoms with van der Waals surface area (Å²) in [7, 11) is 0. The zero-order valence-corrected chi connectivity index (χ0v) is 13.4. The molecule has 1 aliphatic rings. The van der Waals surface area contributed by atoms with E-state index in [1.807, 2.05) is 42.5 Å². The van der Waals surface area contributed by atoms with Crippen LogP contribution in [0.25, 0.3) is 0 Å². The summed E-state index contributed by atoms with van der Waals surface area (Å²) in [6, 6.07) is 13.7. The van der Waals surface area contributed by atoms with Gasteiger partial charge in [-0.15, -0.1) is 0 Å². The first kappa shape index (κ1) is 15.5. The third-order valence-electron chi connectivity index (χ3n) is 4.17. The lowest BCUT2D eigenvalue weighted by atomic mass is 10.1. The van der Waals surface area contributed by atoms with Crippen molar-refractivity contribution in [2.24, 2.45) is 0 Å². The summed E-state index contributed by atoms with van der Waals surface area (Å²) >= 11 is 0. The first-order chi connectivity index (χ1) is 11.3. The highest BCUT2D eigenvalue weighted by atomic mass is 16.1. The van der Waals surface area contributed by atoms with Crippen molar-refractivity contribution in [2.75, 3.05) is 23.3 Å². The second-order valence-electron chi connectivity index (χ2n) is 6.02. The maximum Gasteiger partial charge on any atom is 0.228 e. The molecule has 1 N–H and O–H groups in total. The number of nitrogens with one attached hydrogen (secondary N) is 1. The van der Waals surface area contributed by atoms with Crippen LogP contribution in [-0.2, 0) is 11.2 Å². The Labute approximate surface area is 137 Å². The second-order valence-corrected chi connectivity index (χ2v) is 6.02. The molecule has 1 aliphatic heterocycles. The van der Waals surface area contributed by atoms with Crippen molar-refractivity contribution in [3.63, 3.8) is 0 Å². The van der Waals surface area contributed by atoms with E-state index in [9.17, 15) is 4.79 Å². The molecule has 4 nitrogen and oxygen atoms in total. The van der Waals surface area contributed by atoms with E-state index >= 15 is 0 Å². The van der Waals surface area contributed by atoms with Gasteiger partial charge in [-0.25, -0.2) is 4.98 Å². The van der Waals surface area contributed by atoms with Gasteiger partial charge in [0.25, 0.3) is 0 Å². The lowest BCUT2D eigenvalue weighted by Gasteiger charge is -2.21. The molecule has 1 aromatic heterocycles. The van der Waals surface area contributed by atoms with Gasteiger partial charge in [-0.1, -0.05) is 43.2 Å². The van der Waals surface area contributed by atoms with Crippen LogP contribution in [0.1, 0.15) is 31.2 Å². The summed E-state index contributed by atoms with van der Waals surface area (Å²) in [6.07, 6.45) is 7.22. The molecule has 0 atom stereocenters. The molecular formula is C19H23N3O. The highest BCUT2D eigenvalue weighted by molar-refractivity contribution is 5.92. The molecule has 3 rings (SSSR count). The maximum atomic E-state index is 12.1. The minimum atomic E-state index is -0.0134. The zero-order chi connectivity index (χ0) is 15.9. The van der Waals surface area contributed by atoms with Crippen LogP contribution in [0.5, 0.6) is 0 Å². The van der Waals surface area contributed by atoms with Gasteiger partial charge in [0.2, 0.25) is 5.91 Å². The number of anilines is 2. The minimum absolute atomic E-state index is 0.0134. The van der Waals surface area contributed by atoms with E-state index < -0.39 is 0 Å². The van der Waals surface area contributed by atoms with Crippen molar-refractivity contribution in [2.45, 2.75) is 32.1 Å². The lowest BCUT2D eigenvalue weighted by molar-refractivity contribution is -0.115. The Morgan fingerprint density at radius 3 is 2.39 bits per heavy atom. The summed E-state index contributed by atoms with van der Waals surface area (Å²) in [6.45, 7) is 2.15. The second kappa shape index (κ2) is 7.77. The monoisotopic (exact) mass is 309 g/mol. The number of aromatic nitrogens is 1. The standard InChI is InChI=1S/C19H23N3O/c23-19(14-16-8-4-3-5-9-16)21-17-10-11-18(20-15-17)22-12-6-1-2-7-13-22/h3-5,8-11,15H,1-2,6-7,12-14H2,(H,21,23). The number of hydrogen-bond acceptors (Lipinski definition) is 3. The molecule has 2 aromatic rings. The van der Waals surface area contributed by atoms with Crippen LogP contribution in [0, 0.1) is 0 Å². The molecule has 0 saturated carbocycles. The van der Waals surface area contributed by atoms with Gasteiger partial charge >= 0.3 is 0 Å². The smallest absolute Gasteiger partial charge is 0.228 e. The molecule has 120 valence electrons. The number of carbonyl (C=O) groups excluding carboxylic acids is 1. The van der Waals surface area contributed by atoms with Crippen LogP contribution in [0.4, 0.5) is 11.5 Å². The van der Waals surface area contributed by atoms with Crippen LogP contribution in [-0.4, -0.2) is 24.0 Å². The Balaban J connectivity index is 1.57. The zero-order valence-electron chi connectivity index (χ0n) is 13.4. The Bertz CT molecular complexity index is 617. The summed E-state index contributed by atoms with van der Waals surface area (Å²) in [5.74, 6) is 0.994. The molecule has 0 aliphatic carbocycles. The molecule has 4 heteroatoms. The number of carbonyl (C=O) groups is 1. The molecule has 23 heavy (non-hydrogen) atoms. The Kier molecular flexibility index (Phi) is 5.25. The van der Waals surface area contributed by atoms with E-state index in [0.717, 1.165) is 30.2 Å². The summed E-state index contributed by atoms with van der Waals surface area (Å²) in [4.78, 5) is 18.9. The van der Waals surface area contributed by atoms with E-state index in [2.05, 4.69) is 15.2 Å². The Hall–Kier alpha value is -2.36. The van der Waals surface area contributed by atoms with Crippen LogP contribution >= 0.6 is 0 Å². The average Bonchev–Trinajstić information content (AvgIpc) is 2.86. The molecule has 0 radical (unpaired) electrons.